The molecule has 26 heavy (non-hydrogen) atoms. The van der Waals surface area contributed by atoms with Crippen LogP contribution in [0.25, 0.3) is 11.8 Å². The fourth-order valence-electron chi connectivity index (χ4n) is 3.51. The molecular weight excluding hydrogens is 450 g/mol. The molecule has 3 heteroatoms. The molecule has 0 spiro atoms. The van der Waals surface area contributed by atoms with Gasteiger partial charge in [-0.1, -0.05) is 96.0 Å². The molecule has 0 aliphatic rings. The Morgan fingerprint density at radius 1 is 1.00 bits per heavy atom. The van der Waals surface area contributed by atoms with Crippen LogP contribution in [0.4, 0.5) is 0 Å². The van der Waals surface area contributed by atoms with Gasteiger partial charge in [0.2, 0.25) is 0 Å². The lowest BCUT2D eigenvalue weighted by molar-refractivity contribution is 0.606. The maximum Gasteiger partial charge on any atom is 0.0452 e. The number of benzene rings is 1. The molecule has 0 aliphatic heterocycles. The third kappa shape index (κ3) is 6.13. The highest BCUT2D eigenvalue weighted by atomic mass is 79.9. The molecule has 0 atom stereocenters. The van der Waals surface area contributed by atoms with Crippen LogP contribution in [0.2, 0.25) is 0 Å². The average molecular weight is 481 g/mol. The Kier molecular flexibility index (Phi) is 9.77. The maximum absolute atomic E-state index is 3.67. The average Bonchev–Trinajstić information content (AvgIpc) is 3.02. The summed E-state index contributed by atoms with van der Waals surface area (Å²) >= 11 is 7.23. The lowest BCUT2D eigenvalue weighted by Gasteiger charge is -2.10. The molecule has 0 aliphatic carbocycles. The van der Waals surface area contributed by atoms with Crippen molar-refractivity contribution in [2.24, 2.45) is 0 Å². The summed E-state index contributed by atoms with van der Waals surface area (Å²) in [4.78, 5) is 0. The quantitative estimate of drug-likeness (QED) is 0.226. The molecule has 0 saturated carbocycles. The smallest absolute Gasteiger partial charge is 0.0452 e. The molecule has 142 valence electrons. The Balaban J connectivity index is 2.26. The van der Waals surface area contributed by atoms with E-state index in [1.54, 1.807) is 0 Å². The van der Waals surface area contributed by atoms with E-state index in [0.717, 1.165) is 11.8 Å². The van der Waals surface area contributed by atoms with Crippen LogP contribution in [0.1, 0.15) is 69.2 Å². The highest BCUT2D eigenvalue weighted by Crippen LogP contribution is 2.28. The van der Waals surface area contributed by atoms with Gasteiger partial charge in [-0.3, -0.25) is 0 Å². The van der Waals surface area contributed by atoms with Crippen molar-refractivity contribution in [1.82, 2.24) is 4.57 Å². The number of rotatable bonds is 11. The maximum atomic E-state index is 3.67. The van der Waals surface area contributed by atoms with Crippen molar-refractivity contribution >= 4 is 37.9 Å². The second kappa shape index (κ2) is 11.8. The van der Waals surface area contributed by atoms with Gasteiger partial charge in [0, 0.05) is 27.4 Å². The molecule has 2 aromatic rings. The Labute approximate surface area is 176 Å². The zero-order valence-corrected chi connectivity index (χ0v) is 19.3. The molecule has 2 rings (SSSR count). The first-order valence-corrected chi connectivity index (χ1v) is 11.8. The van der Waals surface area contributed by atoms with E-state index in [1.165, 1.54) is 71.9 Å². The van der Waals surface area contributed by atoms with Crippen molar-refractivity contribution in [3.05, 3.63) is 57.8 Å². The zero-order valence-electron chi connectivity index (χ0n) is 16.1. The van der Waals surface area contributed by atoms with Gasteiger partial charge in [0.05, 0.1) is 0 Å². The van der Waals surface area contributed by atoms with E-state index in [-0.39, 0.29) is 0 Å². The van der Waals surface area contributed by atoms with Crippen LogP contribution in [0, 0.1) is 0 Å². The zero-order chi connectivity index (χ0) is 18.8. The molecule has 1 nitrogen and oxygen atoms in total. The number of allylic oxidation sites excluding steroid dienone is 1. The number of alkyl halides is 1. The largest absolute Gasteiger partial charge is 0.320 e. The number of halogens is 2. The van der Waals surface area contributed by atoms with E-state index in [2.05, 4.69) is 92.9 Å². The predicted molar refractivity (Wildman–Crippen MR) is 123 cm³/mol. The first kappa shape index (κ1) is 21.5. The fourth-order valence-corrected chi connectivity index (χ4v) is 3.92. The van der Waals surface area contributed by atoms with Crippen molar-refractivity contribution in [3.8, 4) is 5.69 Å². The SMILES string of the molecule is CCCCCCCCc1c(/C=C(/Br)CBr)cn(-c2ccccc2)c1CC. The van der Waals surface area contributed by atoms with Crippen LogP contribution in [-0.4, -0.2) is 9.90 Å². The third-order valence-electron chi connectivity index (χ3n) is 4.85. The molecule has 1 aromatic heterocycles. The van der Waals surface area contributed by atoms with E-state index >= 15 is 0 Å². The fraction of sp³-hybridized carbons (Fsp3) is 0.478. The highest BCUT2D eigenvalue weighted by molar-refractivity contribution is 9.13. The lowest BCUT2D eigenvalue weighted by atomic mass is 10.0. The van der Waals surface area contributed by atoms with Crippen LogP contribution in [0.3, 0.4) is 0 Å². The first-order chi connectivity index (χ1) is 12.7. The van der Waals surface area contributed by atoms with Crippen LogP contribution in [-0.2, 0) is 12.8 Å². The summed E-state index contributed by atoms with van der Waals surface area (Å²) in [5.74, 6) is 0. The molecule has 1 aromatic carbocycles. The molecule has 0 unspecified atom stereocenters. The minimum atomic E-state index is 0.849. The number of nitrogens with zero attached hydrogens (tertiary/aromatic N) is 1. The monoisotopic (exact) mass is 479 g/mol. The van der Waals surface area contributed by atoms with E-state index < -0.39 is 0 Å². The first-order valence-electron chi connectivity index (χ1n) is 9.91. The van der Waals surface area contributed by atoms with Gasteiger partial charge in [0.15, 0.2) is 0 Å². The number of hydrogen-bond donors (Lipinski definition) is 0. The van der Waals surface area contributed by atoms with E-state index in [9.17, 15) is 0 Å². The number of unbranched alkanes of at least 4 members (excludes halogenated alkanes) is 5. The summed E-state index contributed by atoms with van der Waals surface area (Å²) in [5, 5.41) is 0.849. The van der Waals surface area contributed by atoms with Gasteiger partial charge in [-0.15, -0.1) is 0 Å². The van der Waals surface area contributed by atoms with E-state index in [0.29, 0.717) is 0 Å². The predicted octanol–water partition coefficient (Wildman–Crippen LogP) is 8.07. The van der Waals surface area contributed by atoms with Crippen molar-refractivity contribution in [1.29, 1.82) is 0 Å². The van der Waals surface area contributed by atoms with Crippen LogP contribution < -0.4 is 0 Å². The van der Waals surface area contributed by atoms with E-state index in [4.69, 9.17) is 0 Å². The molecule has 1 heterocycles. The van der Waals surface area contributed by atoms with Gasteiger partial charge < -0.3 is 4.57 Å². The van der Waals surface area contributed by atoms with Crippen LogP contribution in [0.5, 0.6) is 0 Å². The molecule has 0 amide bonds. The van der Waals surface area contributed by atoms with E-state index in [1.807, 2.05) is 0 Å². The summed E-state index contributed by atoms with van der Waals surface area (Å²) in [6.45, 7) is 4.55. The molecule has 0 saturated heterocycles. The Bertz CT molecular complexity index is 686. The van der Waals surface area contributed by atoms with Crippen LogP contribution >= 0.6 is 31.9 Å². The normalized spacial score (nSPS) is 11.9. The summed E-state index contributed by atoms with van der Waals surface area (Å²) in [6, 6.07) is 10.7. The molecular formula is C23H31Br2N. The summed E-state index contributed by atoms with van der Waals surface area (Å²) in [6.07, 6.45) is 14.9. The molecule has 0 radical (unpaired) electrons. The van der Waals surface area contributed by atoms with Gasteiger partial charge in [-0.25, -0.2) is 0 Å². The van der Waals surface area contributed by atoms with Gasteiger partial charge in [0.1, 0.15) is 0 Å². The number of aromatic nitrogens is 1. The minimum Gasteiger partial charge on any atom is -0.320 e. The summed E-state index contributed by atoms with van der Waals surface area (Å²) in [5.41, 5.74) is 5.57. The second-order valence-corrected chi connectivity index (χ2v) is 8.39. The number of para-hydroxylation sites is 1. The van der Waals surface area contributed by atoms with Gasteiger partial charge in [0.25, 0.3) is 0 Å². The van der Waals surface area contributed by atoms with Gasteiger partial charge >= 0.3 is 0 Å². The Morgan fingerprint density at radius 3 is 2.35 bits per heavy atom. The van der Waals surface area contributed by atoms with Gasteiger partial charge in [-0.2, -0.15) is 0 Å². The lowest BCUT2D eigenvalue weighted by Crippen LogP contribution is -2.00. The molecule has 0 N–H and O–H groups in total. The van der Waals surface area contributed by atoms with Crippen LogP contribution in [0.15, 0.2) is 41.0 Å². The Morgan fingerprint density at radius 2 is 1.69 bits per heavy atom. The Hall–Kier alpha value is -0.800. The van der Waals surface area contributed by atoms with Crippen molar-refractivity contribution < 1.29 is 0 Å². The molecule has 0 fully saturated rings. The van der Waals surface area contributed by atoms with Crippen molar-refractivity contribution in [2.45, 2.75) is 65.2 Å². The molecule has 0 bridgehead atoms. The third-order valence-corrected chi connectivity index (χ3v) is 6.71. The summed E-state index contributed by atoms with van der Waals surface area (Å²) < 4.78 is 3.57. The standard InChI is InChI=1S/C23H31Br2N/c1-3-5-6-7-8-12-15-22-19(16-20(25)17-24)18-26(23(22)4-2)21-13-10-9-11-14-21/h9-11,13-14,16,18H,3-8,12,15,17H2,1-2H3/b20-16+. The van der Waals surface area contributed by atoms with Crippen molar-refractivity contribution in [2.75, 3.05) is 5.33 Å². The number of hydrogen-bond acceptors (Lipinski definition) is 0. The minimum absolute atomic E-state index is 0.849. The summed E-state index contributed by atoms with van der Waals surface area (Å²) in [7, 11) is 0. The topological polar surface area (TPSA) is 4.93 Å². The van der Waals surface area contributed by atoms with Gasteiger partial charge in [-0.05, 0) is 48.6 Å². The highest BCUT2D eigenvalue weighted by Gasteiger charge is 2.14. The van der Waals surface area contributed by atoms with Crippen molar-refractivity contribution in [3.63, 3.8) is 0 Å². The second-order valence-electron chi connectivity index (χ2n) is 6.81.